The highest BCUT2D eigenvalue weighted by Crippen LogP contribution is 2.24. The lowest BCUT2D eigenvalue weighted by atomic mass is 10.2. The molecule has 30 heavy (non-hydrogen) atoms. The second-order valence-corrected chi connectivity index (χ2v) is 8.74. The number of sulfone groups is 1. The van der Waals surface area contributed by atoms with Crippen LogP contribution in [0.3, 0.4) is 0 Å². The van der Waals surface area contributed by atoms with Crippen LogP contribution in [0.4, 0.5) is 0 Å². The first-order valence-corrected chi connectivity index (χ1v) is 10.8. The number of para-hydroxylation sites is 1. The minimum Gasteiger partial charge on any atom is -0.448 e. The standard InChI is InChI=1S/C19H14N6O4S/c1-30(27,28)13-8-6-12(7-9-13)25-16(21-22-23-25)10-24-11-20-17-14-4-2-3-5-15(14)29-18(17)19(24)26/h2-9,11H,10H2,1H3. The maximum Gasteiger partial charge on any atom is 0.297 e. The van der Waals surface area contributed by atoms with Gasteiger partial charge in [-0.25, -0.2) is 13.4 Å². The van der Waals surface area contributed by atoms with E-state index in [0.717, 1.165) is 11.6 Å². The lowest BCUT2D eigenvalue weighted by Gasteiger charge is -2.07. The van der Waals surface area contributed by atoms with E-state index in [0.29, 0.717) is 22.6 Å². The van der Waals surface area contributed by atoms with Gasteiger partial charge in [0.1, 0.15) is 11.1 Å². The smallest absolute Gasteiger partial charge is 0.297 e. The summed E-state index contributed by atoms with van der Waals surface area (Å²) in [5.41, 5.74) is 1.47. The second-order valence-electron chi connectivity index (χ2n) is 6.73. The minimum atomic E-state index is -3.31. The van der Waals surface area contributed by atoms with Crippen LogP contribution >= 0.6 is 0 Å². The monoisotopic (exact) mass is 422 g/mol. The van der Waals surface area contributed by atoms with Crippen LogP contribution < -0.4 is 5.56 Å². The van der Waals surface area contributed by atoms with Crippen molar-refractivity contribution in [2.24, 2.45) is 0 Å². The van der Waals surface area contributed by atoms with E-state index in [1.165, 1.54) is 27.7 Å². The van der Waals surface area contributed by atoms with Crippen molar-refractivity contribution in [3.63, 3.8) is 0 Å². The summed E-state index contributed by atoms with van der Waals surface area (Å²) < 4.78 is 31.8. The summed E-state index contributed by atoms with van der Waals surface area (Å²) in [6.45, 7) is 0.0552. The van der Waals surface area contributed by atoms with Gasteiger partial charge in [-0.15, -0.1) is 5.10 Å². The molecule has 0 aliphatic carbocycles. The topological polar surface area (TPSA) is 126 Å². The number of aromatic nitrogens is 6. The predicted molar refractivity (Wildman–Crippen MR) is 107 cm³/mol. The van der Waals surface area contributed by atoms with E-state index in [-0.39, 0.29) is 22.6 Å². The van der Waals surface area contributed by atoms with E-state index < -0.39 is 9.84 Å². The summed E-state index contributed by atoms with van der Waals surface area (Å²) in [5, 5.41) is 12.4. The van der Waals surface area contributed by atoms with Crippen molar-refractivity contribution in [2.75, 3.05) is 6.26 Å². The van der Waals surface area contributed by atoms with Crippen molar-refractivity contribution in [3.8, 4) is 5.69 Å². The number of fused-ring (bicyclic) bond motifs is 3. The van der Waals surface area contributed by atoms with Gasteiger partial charge in [0.15, 0.2) is 15.7 Å². The van der Waals surface area contributed by atoms with Gasteiger partial charge in [-0.05, 0) is 46.8 Å². The maximum absolute atomic E-state index is 12.9. The summed E-state index contributed by atoms with van der Waals surface area (Å²) >= 11 is 0. The van der Waals surface area contributed by atoms with E-state index in [1.807, 2.05) is 18.2 Å². The fraction of sp³-hybridized carbons (Fsp3) is 0.105. The molecule has 0 spiro atoms. The van der Waals surface area contributed by atoms with Crippen LogP contribution in [0.15, 0.2) is 69.0 Å². The first kappa shape index (κ1) is 18.2. The third-order valence-corrected chi connectivity index (χ3v) is 5.83. The highest BCUT2D eigenvalue weighted by molar-refractivity contribution is 7.90. The zero-order valence-corrected chi connectivity index (χ0v) is 16.4. The zero-order valence-electron chi connectivity index (χ0n) is 15.6. The maximum atomic E-state index is 12.9. The van der Waals surface area contributed by atoms with Crippen LogP contribution in [-0.4, -0.2) is 44.4 Å². The molecule has 11 heteroatoms. The molecular weight excluding hydrogens is 408 g/mol. The number of nitrogens with zero attached hydrogens (tertiary/aromatic N) is 6. The summed E-state index contributed by atoms with van der Waals surface area (Å²) in [7, 11) is -3.31. The Morgan fingerprint density at radius 2 is 1.83 bits per heavy atom. The average molecular weight is 422 g/mol. The molecule has 0 aliphatic rings. The van der Waals surface area contributed by atoms with Gasteiger partial charge in [-0.3, -0.25) is 9.36 Å². The molecule has 0 saturated heterocycles. The molecule has 0 saturated carbocycles. The minimum absolute atomic E-state index is 0.0552. The van der Waals surface area contributed by atoms with Crippen molar-refractivity contribution in [3.05, 3.63) is 71.0 Å². The van der Waals surface area contributed by atoms with Crippen LogP contribution in [-0.2, 0) is 16.4 Å². The third kappa shape index (κ3) is 2.95. The Bertz CT molecular complexity index is 1560. The Morgan fingerprint density at radius 1 is 1.07 bits per heavy atom. The Labute approximate surface area is 169 Å². The molecule has 5 aromatic rings. The Hall–Kier alpha value is -3.86. The molecule has 10 nitrogen and oxygen atoms in total. The predicted octanol–water partition coefficient (Wildman–Crippen LogP) is 1.57. The molecule has 2 aromatic carbocycles. The van der Waals surface area contributed by atoms with Crippen LogP contribution in [0.25, 0.3) is 27.8 Å². The number of tetrazole rings is 1. The first-order valence-electron chi connectivity index (χ1n) is 8.86. The van der Waals surface area contributed by atoms with E-state index in [9.17, 15) is 13.2 Å². The second kappa shape index (κ2) is 6.59. The highest BCUT2D eigenvalue weighted by atomic mass is 32.2. The van der Waals surface area contributed by atoms with Gasteiger partial charge in [0.2, 0.25) is 5.58 Å². The molecule has 3 aromatic heterocycles. The molecule has 0 radical (unpaired) electrons. The molecular formula is C19H14N6O4S. The number of furan rings is 1. The summed E-state index contributed by atoms with van der Waals surface area (Å²) in [5.74, 6) is 0.376. The Kier molecular flexibility index (Phi) is 4.00. The normalized spacial score (nSPS) is 12.0. The van der Waals surface area contributed by atoms with Crippen molar-refractivity contribution < 1.29 is 12.8 Å². The van der Waals surface area contributed by atoms with Gasteiger partial charge in [0, 0.05) is 11.6 Å². The fourth-order valence-electron chi connectivity index (χ4n) is 3.22. The van der Waals surface area contributed by atoms with Crippen molar-refractivity contribution in [1.29, 1.82) is 0 Å². The Balaban J connectivity index is 1.54. The zero-order chi connectivity index (χ0) is 20.9. The van der Waals surface area contributed by atoms with Gasteiger partial charge < -0.3 is 4.42 Å². The highest BCUT2D eigenvalue weighted by Gasteiger charge is 2.16. The molecule has 0 bridgehead atoms. The van der Waals surface area contributed by atoms with E-state index in [4.69, 9.17) is 4.42 Å². The quantitative estimate of drug-likeness (QED) is 0.427. The van der Waals surface area contributed by atoms with Crippen molar-refractivity contribution >= 4 is 31.9 Å². The molecule has 0 atom stereocenters. The van der Waals surface area contributed by atoms with Crippen LogP contribution in [0.2, 0.25) is 0 Å². The number of hydrogen-bond acceptors (Lipinski definition) is 8. The molecule has 150 valence electrons. The molecule has 5 rings (SSSR count). The van der Waals surface area contributed by atoms with E-state index in [2.05, 4.69) is 20.5 Å². The van der Waals surface area contributed by atoms with Gasteiger partial charge in [-0.2, -0.15) is 4.68 Å². The summed E-state index contributed by atoms with van der Waals surface area (Å²) in [4.78, 5) is 17.5. The van der Waals surface area contributed by atoms with Crippen molar-refractivity contribution in [1.82, 2.24) is 29.8 Å². The van der Waals surface area contributed by atoms with Crippen LogP contribution in [0, 0.1) is 0 Å². The van der Waals surface area contributed by atoms with Gasteiger partial charge in [0.05, 0.1) is 23.5 Å². The van der Waals surface area contributed by atoms with Gasteiger partial charge in [-0.1, -0.05) is 12.1 Å². The molecule has 0 N–H and O–H groups in total. The Morgan fingerprint density at radius 3 is 2.60 bits per heavy atom. The summed E-state index contributed by atoms with van der Waals surface area (Å²) in [6, 6.07) is 13.5. The number of rotatable bonds is 4. The van der Waals surface area contributed by atoms with Gasteiger partial charge in [0.25, 0.3) is 5.56 Å². The third-order valence-electron chi connectivity index (χ3n) is 4.71. The SMILES string of the molecule is CS(=O)(=O)c1ccc(-n2nnnc2Cn2cnc3c(oc4ccccc43)c2=O)cc1. The molecule has 0 unspecified atom stereocenters. The molecule has 0 amide bonds. The van der Waals surface area contributed by atoms with Crippen LogP contribution in [0.1, 0.15) is 5.82 Å². The lowest BCUT2D eigenvalue weighted by molar-refractivity contribution is 0.602. The molecule has 3 heterocycles. The van der Waals surface area contributed by atoms with E-state index >= 15 is 0 Å². The number of hydrogen-bond donors (Lipinski definition) is 0. The first-order chi connectivity index (χ1) is 14.4. The largest absolute Gasteiger partial charge is 0.448 e. The average Bonchev–Trinajstić information content (AvgIpc) is 3.34. The van der Waals surface area contributed by atoms with E-state index in [1.54, 1.807) is 18.2 Å². The fourth-order valence-corrected chi connectivity index (χ4v) is 3.85. The van der Waals surface area contributed by atoms with Crippen LogP contribution in [0.5, 0.6) is 0 Å². The van der Waals surface area contributed by atoms with Crippen molar-refractivity contribution in [2.45, 2.75) is 11.4 Å². The molecule has 0 fully saturated rings. The molecule has 0 aliphatic heterocycles. The number of benzene rings is 2. The van der Waals surface area contributed by atoms with Gasteiger partial charge >= 0.3 is 0 Å². The summed E-state index contributed by atoms with van der Waals surface area (Å²) in [6.07, 6.45) is 2.57. The lowest BCUT2D eigenvalue weighted by Crippen LogP contribution is -2.22.